The van der Waals surface area contributed by atoms with Crippen LogP contribution < -0.4 is 4.90 Å². The standard InChI is InChI=1S/C58H39NO/c1-3-15-40(16-4-1)46-31-35-51(55(38-46)43-18-5-2-6-19-43)49-21-9-10-22-50(49)52-23-11-13-25-56(52)59(48-34-36-54-53-24-12-14-26-57(53)60-58(54)39-48)47-32-29-42(30-33-47)45-28-27-41-17-7-8-20-44(41)37-45/h1-39H. The molecule has 0 spiro atoms. The fraction of sp³-hybridized carbons (Fsp3) is 0. The van der Waals surface area contributed by atoms with Gasteiger partial charge in [-0.25, -0.2) is 0 Å². The molecule has 0 amide bonds. The van der Waals surface area contributed by atoms with Crippen molar-refractivity contribution < 1.29 is 4.42 Å². The zero-order valence-corrected chi connectivity index (χ0v) is 32.9. The van der Waals surface area contributed by atoms with Gasteiger partial charge in [0.2, 0.25) is 0 Å². The van der Waals surface area contributed by atoms with Crippen molar-refractivity contribution in [1.82, 2.24) is 0 Å². The summed E-state index contributed by atoms with van der Waals surface area (Å²) in [5, 5.41) is 4.70. The summed E-state index contributed by atoms with van der Waals surface area (Å²) in [4.78, 5) is 2.37. The van der Waals surface area contributed by atoms with Crippen molar-refractivity contribution in [3.8, 4) is 55.6 Å². The Bertz CT molecular complexity index is 3310. The first-order valence-electron chi connectivity index (χ1n) is 20.5. The third-order valence-corrected chi connectivity index (χ3v) is 11.7. The van der Waals surface area contributed by atoms with Gasteiger partial charge in [-0.1, -0.05) is 182 Å². The molecule has 2 heteroatoms. The van der Waals surface area contributed by atoms with Crippen molar-refractivity contribution in [3.05, 3.63) is 237 Å². The Hall–Kier alpha value is -7.94. The van der Waals surface area contributed by atoms with Gasteiger partial charge in [0.15, 0.2) is 0 Å². The first-order chi connectivity index (χ1) is 29.7. The van der Waals surface area contributed by atoms with Gasteiger partial charge in [0.1, 0.15) is 11.2 Å². The molecule has 0 bridgehead atoms. The molecule has 2 nitrogen and oxygen atoms in total. The number of hydrogen-bond donors (Lipinski definition) is 0. The van der Waals surface area contributed by atoms with Crippen LogP contribution in [0.1, 0.15) is 0 Å². The van der Waals surface area contributed by atoms with Gasteiger partial charge in [-0.15, -0.1) is 0 Å². The van der Waals surface area contributed by atoms with Gasteiger partial charge in [-0.05, 0) is 109 Å². The Morgan fingerprint density at radius 3 is 1.60 bits per heavy atom. The average Bonchev–Trinajstić information content (AvgIpc) is 3.70. The van der Waals surface area contributed by atoms with Gasteiger partial charge in [0, 0.05) is 33.8 Å². The summed E-state index contributed by atoms with van der Waals surface area (Å²) >= 11 is 0. The normalized spacial score (nSPS) is 11.3. The molecule has 0 N–H and O–H groups in total. The SMILES string of the molecule is c1ccc(-c2ccc(-c3ccccc3-c3ccccc3N(c3ccc(-c4ccc5ccccc5c4)cc3)c3ccc4c(c3)oc3ccccc34)c(-c3ccccc3)c2)cc1. The molecule has 0 atom stereocenters. The second kappa shape index (κ2) is 15.1. The number of furan rings is 1. The summed E-state index contributed by atoms with van der Waals surface area (Å²) in [5.74, 6) is 0. The molecule has 0 unspecified atom stereocenters. The van der Waals surface area contributed by atoms with Crippen molar-refractivity contribution in [3.63, 3.8) is 0 Å². The van der Waals surface area contributed by atoms with Crippen LogP contribution in [0.15, 0.2) is 241 Å². The Morgan fingerprint density at radius 2 is 0.800 bits per heavy atom. The fourth-order valence-electron chi connectivity index (χ4n) is 8.75. The van der Waals surface area contributed by atoms with Gasteiger partial charge in [-0.2, -0.15) is 0 Å². The number of fused-ring (bicyclic) bond motifs is 4. The number of hydrogen-bond acceptors (Lipinski definition) is 2. The van der Waals surface area contributed by atoms with Gasteiger partial charge in [0.25, 0.3) is 0 Å². The van der Waals surface area contributed by atoms with Crippen LogP contribution in [0.4, 0.5) is 17.1 Å². The molecule has 11 aromatic rings. The van der Waals surface area contributed by atoms with E-state index < -0.39 is 0 Å². The zero-order chi connectivity index (χ0) is 39.8. The first kappa shape index (κ1) is 35.2. The van der Waals surface area contributed by atoms with E-state index >= 15 is 0 Å². The Kier molecular flexibility index (Phi) is 8.87. The lowest BCUT2D eigenvalue weighted by Gasteiger charge is -2.28. The van der Waals surface area contributed by atoms with E-state index in [2.05, 4.69) is 229 Å². The summed E-state index contributed by atoms with van der Waals surface area (Å²) in [6.07, 6.45) is 0. The maximum atomic E-state index is 6.49. The summed E-state index contributed by atoms with van der Waals surface area (Å²) in [5.41, 5.74) is 16.6. The summed E-state index contributed by atoms with van der Waals surface area (Å²) in [6.45, 7) is 0. The zero-order valence-electron chi connectivity index (χ0n) is 32.9. The Balaban J connectivity index is 1.09. The van der Waals surface area contributed by atoms with Crippen molar-refractivity contribution in [1.29, 1.82) is 0 Å². The van der Waals surface area contributed by atoms with Crippen LogP contribution in [-0.2, 0) is 0 Å². The molecule has 0 aliphatic heterocycles. The maximum absolute atomic E-state index is 6.49. The number of nitrogens with zero attached hydrogens (tertiary/aromatic N) is 1. The molecule has 1 heterocycles. The Morgan fingerprint density at radius 1 is 0.267 bits per heavy atom. The number of benzene rings is 10. The summed E-state index contributed by atoms with van der Waals surface area (Å²) < 4.78 is 6.49. The van der Waals surface area contributed by atoms with Crippen LogP contribution in [0, 0.1) is 0 Å². The summed E-state index contributed by atoms with van der Waals surface area (Å²) in [6, 6.07) is 85.0. The average molecular weight is 766 g/mol. The highest BCUT2D eigenvalue weighted by molar-refractivity contribution is 6.06. The van der Waals surface area contributed by atoms with Crippen molar-refractivity contribution >= 4 is 49.8 Å². The maximum Gasteiger partial charge on any atom is 0.137 e. The number of para-hydroxylation sites is 2. The van der Waals surface area contributed by atoms with E-state index in [-0.39, 0.29) is 0 Å². The van der Waals surface area contributed by atoms with Crippen LogP contribution in [0.25, 0.3) is 88.3 Å². The van der Waals surface area contributed by atoms with Gasteiger partial charge in [-0.3, -0.25) is 0 Å². The van der Waals surface area contributed by atoms with Crippen LogP contribution in [0.3, 0.4) is 0 Å². The van der Waals surface area contributed by atoms with Gasteiger partial charge >= 0.3 is 0 Å². The molecular weight excluding hydrogens is 727 g/mol. The highest BCUT2D eigenvalue weighted by atomic mass is 16.3. The molecule has 10 aromatic carbocycles. The topological polar surface area (TPSA) is 16.4 Å². The molecule has 11 rings (SSSR count). The van der Waals surface area contributed by atoms with Crippen LogP contribution in [0.2, 0.25) is 0 Å². The fourth-order valence-corrected chi connectivity index (χ4v) is 8.75. The highest BCUT2D eigenvalue weighted by Crippen LogP contribution is 2.47. The van der Waals surface area contributed by atoms with E-state index in [0.717, 1.165) is 50.1 Å². The van der Waals surface area contributed by atoms with Crippen LogP contribution in [-0.4, -0.2) is 0 Å². The van der Waals surface area contributed by atoms with E-state index in [1.807, 2.05) is 12.1 Å². The molecule has 0 aliphatic carbocycles. The first-order valence-corrected chi connectivity index (χ1v) is 20.5. The van der Waals surface area contributed by atoms with E-state index in [9.17, 15) is 0 Å². The largest absolute Gasteiger partial charge is 0.456 e. The van der Waals surface area contributed by atoms with Gasteiger partial charge in [0.05, 0.1) is 5.69 Å². The summed E-state index contributed by atoms with van der Waals surface area (Å²) in [7, 11) is 0. The van der Waals surface area contributed by atoms with Crippen molar-refractivity contribution in [2.45, 2.75) is 0 Å². The minimum atomic E-state index is 0.857. The smallest absolute Gasteiger partial charge is 0.137 e. The minimum absolute atomic E-state index is 0.857. The molecule has 0 aliphatic rings. The van der Waals surface area contributed by atoms with E-state index in [0.29, 0.717) is 0 Å². The molecule has 0 saturated carbocycles. The second-order valence-electron chi connectivity index (χ2n) is 15.3. The third-order valence-electron chi connectivity index (χ3n) is 11.7. The predicted molar refractivity (Wildman–Crippen MR) is 253 cm³/mol. The van der Waals surface area contributed by atoms with Crippen molar-refractivity contribution in [2.24, 2.45) is 0 Å². The van der Waals surface area contributed by atoms with E-state index in [1.54, 1.807) is 0 Å². The van der Waals surface area contributed by atoms with Crippen LogP contribution >= 0.6 is 0 Å². The lowest BCUT2D eigenvalue weighted by molar-refractivity contribution is 0.669. The van der Waals surface area contributed by atoms with Crippen molar-refractivity contribution in [2.75, 3.05) is 4.90 Å². The third kappa shape index (κ3) is 6.41. The van der Waals surface area contributed by atoms with E-state index in [1.165, 1.54) is 55.3 Å². The second-order valence-corrected chi connectivity index (χ2v) is 15.3. The molecule has 0 fully saturated rings. The van der Waals surface area contributed by atoms with E-state index in [4.69, 9.17) is 4.42 Å². The molecule has 282 valence electrons. The lowest BCUT2D eigenvalue weighted by atomic mass is 9.87. The highest BCUT2D eigenvalue weighted by Gasteiger charge is 2.22. The molecule has 60 heavy (non-hydrogen) atoms. The molecule has 1 aromatic heterocycles. The molecule has 0 radical (unpaired) electrons. The lowest BCUT2D eigenvalue weighted by Crippen LogP contribution is -2.11. The van der Waals surface area contributed by atoms with Gasteiger partial charge < -0.3 is 9.32 Å². The molecular formula is C58H39NO. The minimum Gasteiger partial charge on any atom is -0.456 e. The quantitative estimate of drug-likeness (QED) is 0.153. The molecule has 0 saturated heterocycles. The van der Waals surface area contributed by atoms with Crippen LogP contribution in [0.5, 0.6) is 0 Å². The predicted octanol–water partition coefficient (Wildman–Crippen LogP) is 16.5. The Labute approximate surface area is 349 Å². The monoisotopic (exact) mass is 765 g/mol. The number of anilines is 3. The number of rotatable bonds is 8.